The molecule has 0 radical (unpaired) electrons. The Hall–Kier alpha value is -3.50. The molecule has 0 atom stereocenters. The first-order chi connectivity index (χ1) is 23.9. The highest BCUT2D eigenvalue weighted by Crippen LogP contribution is 2.39. The average molecular weight is 712 g/mol. The molecule has 49 heavy (non-hydrogen) atoms. The zero-order valence-corrected chi connectivity index (χ0v) is 29.6. The Kier molecular flexibility index (Phi) is 14.3. The molecule has 1 aliphatic carbocycles. The Morgan fingerprint density at radius 2 is 1.69 bits per heavy atom. The molecule has 1 saturated carbocycles. The molecule has 3 N–H and O–H groups in total. The molecular formula is C38H48Cl2N4O5. The van der Waals surface area contributed by atoms with Crippen LogP contribution in [0.2, 0.25) is 10.0 Å². The van der Waals surface area contributed by atoms with Crippen LogP contribution in [0.4, 0.5) is 10.5 Å². The lowest BCUT2D eigenvalue weighted by atomic mass is 10.1. The molecule has 3 aromatic carbocycles. The van der Waals surface area contributed by atoms with Gasteiger partial charge in [-0.25, -0.2) is 4.79 Å². The van der Waals surface area contributed by atoms with Crippen molar-refractivity contribution in [2.24, 2.45) is 0 Å². The van der Waals surface area contributed by atoms with E-state index in [9.17, 15) is 14.7 Å². The van der Waals surface area contributed by atoms with E-state index in [4.69, 9.17) is 32.7 Å². The van der Waals surface area contributed by atoms with E-state index < -0.39 is 0 Å². The summed E-state index contributed by atoms with van der Waals surface area (Å²) in [6.07, 6.45) is 9.35. The van der Waals surface area contributed by atoms with Gasteiger partial charge in [-0.15, -0.1) is 0 Å². The van der Waals surface area contributed by atoms with Gasteiger partial charge in [0, 0.05) is 25.7 Å². The summed E-state index contributed by atoms with van der Waals surface area (Å²) < 4.78 is 11.5. The van der Waals surface area contributed by atoms with Gasteiger partial charge in [0.2, 0.25) is 0 Å². The molecule has 2 amide bonds. The molecule has 1 aliphatic heterocycles. The van der Waals surface area contributed by atoms with Crippen LogP contribution in [0.25, 0.3) is 0 Å². The van der Waals surface area contributed by atoms with Gasteiger partial charge in [-0.1, -0.05) is 91.3 Å². The normalized spacial score (nSPS) is 14.9. The number of phenolic OH excluding ortho intramolecular Hbond substituents is 1. The van der Waals surface area contributed by atoms with Gasteiger partial charge in [-0.05, 0) is 86.6 Å². The summed E-state index contributed by atoms with van der Waals surface area (Å²) in [4.78, 5) is 29.9. The fourth-order valence-electron chi connectivity index (χ4n) is 6.58. The summed E-state index contributed by atoms with van der Waals surface area (Å²) in [7, 11) is 0. The minimum Gasteiger partial charge on any atom is -0.506 e. The van der Waals surface area contributed by atoms with E-state index in [0.29, 0.717) is 41.3 Å². The lowest BCUT2D eigenvalue weighted by molar-refractivity contribution is -0.118. The van der Waals surface area contributed by atoms with Crippen LogP contribution >= 0.6 is 23.2 Å². The summed E-state index contributed by atoms with van der Waals surface area (Å²) >= 11 is 12.2. The number of fused-ring (bicyclic) bond motifs is 1. The standard InChI is InChI=1S/C38H48Cl2N4O5/c39-32-15-13-28(25-33(32)40)17-20-41-19-8-21-43(31-11-6-1-2-7-12-31)23-24-44(38(47)49-26-29-9-4-3-5-10-29)22-18-30-14-16-34(45)36-37(30)48-27-35(46)42-36/h3-5,9-10,13-16,25,31,41,45H,1-2,6-8,11-12,17-24,26-27H2,(H,42,46). The van der Waals surface area contributed by atoms with Gasteiger partial charge in [-0.3, -0.25) is 9.69 Å². The zero-order valence-electron chi connectivity index (χ0n) is 28.1. The second-order valence-electron chi connectivity index (χ2n) is 12.8. The molecule has 11 heteroatoms. The van der Waals surface area contributed by atoms with Crippen LogP contribution in [0.5, 0.6) is 11.5 Å². The number of hydrogen-bond donors (Lipinski definition) is 3. The molecule has 1 heterocycles. The van der Waals surface area contributed by atoms with Crippen molar-refractivity contribution in [3.05, 3.63) is 87.4 Å². The Balaban J connectivity index is 1.21. The summed E-state index contributed by atoms with van der Waals surface area (Å²) in [5.74, 6) is 0.0871. The Morgan fingerprint density at radius 3 is 2.47 bits per heavy atom. The van der Waals surface area contributed by atoms with Gasteiger partial charge in [0.1, 0.15) is 18.0 Å². The van der Waals surface area contributed by atoms with E-state index in [1.165, 1.54) is 38.5 Å². The predicted molar refractivity (Wildman–Crippen MR) is 195 cm³/mol. The summed E-state index contributed by atoms with van der Waals surface area (Å²) in [5.41, 5.74) is 3.17. The third kappa shape index (κ3) is 11.3. The number of carbonyl (C=O) groups is 2. The maximum atomic E-state index is 13.6. The first-order valence-electron chi connectivity index (χ1n) is 17.5. The van der Waals surface area contributed by atoms with Crippen LogP contribution < -0.4 is 15.4 Å². The van der Waals surface area contributed by atoms with Gasteiger partial charge in [0.15, 0.2) is 12.4 Å². The van der Waals surface area contributed by atoms with Crippen LogP contribution in [0.3, 0.4) is 0 Å². The average Bonchev–Trinajstić information content (AvgIpc) is 3.40. The second kappa shape index (κ2) is 19.0. The quantitative estimate of drug-likeness (QED) is 0.0806. The summed E-state index contributed by atoms with van der Waals surface area (Å²) in [5, 5.41) is 17.8. The number of phenols is 1. The number of amides is 2. The molecule has 0 unspecified atom stereocenters. The topological polar surface area (TPSA) is 103 Å². The van der Waals surface area contributed by atoms with Gasteiger partial charge >= 0.3 is 6.09 Å². The summed E-state index contributed by atoms with van der Waals surface area (Å²) in [6.45, 7) is 4.44. The van der Waals surface area contributed by atoms with Crippen LogP contribution in [0, 0.1) is 0 Å². The SMILES string of the molecule is O=C1COc2c(CCN(CCN(CCCNCCc3ccc(Cl)c(Cl)c3)C3CCCCCC3)C(=O)OCc3ccccc3)ccc(O)c2N1. The minimum atomic E-state index is -0.365. The number of carbonyl (C=O) groups excluding carboxylic acids is 2. The van der Waals surface area contributed by atoms with Crippen molar-refractivity contribution < 1.29 is 24.2 Å². The molecule has 0 aromatic heterocycles. The van der Waals surface area contributed by atoms with Gasteiger partial charge < -0.3 is 30.1 Å². The molecule has 3 aromatic rings. The van der Waals surface area contributed by atoms with Crippen molar-refractivity contribution in [1.29, 1.82) is 0 Å². The van der Waals surface area contributed by atoms with Crippen LogP contribution in [0.1, 0.15) is 61.6 Å². The lowest BCUT2D eigenvalue weighted by Crippen LogP contribution is -2.44. The monoisotopic (exact) mass is 710 g/mol. The number of ether oxygens (including phenoxy) is 2. The van der Waals surface area contributed by atoms with Crippen molar-refractivity contribution in [2.75, 3.05) is 51.2 Å². The molecule has 0 bridgehead atoms. The predicted octanol–water partition coefficient (Wildman–Crippen LogP) is 7.46. The number of rotatable bonds is 16. The van der Waals surface area contributed by atoms with Gasteiger partial charge in [0.05, 0.1) is 10.0 Å². The number of hydrogen-bond acceptors (Lipinski definition) is 7. The van der Waals surface area contributed by atoms with E-state index in [-0.39, 0.29) is 36.7 Å². The third-order valence-electron chi connectivity index (χ3n) is 9.32. The van der Waals surface area contributed by atoms with Crippen molar-refractivity contribution in [3.8, 4) is 11.5 Å². The number of nitrogens with one attached hydrogen (secondary N) is 2. The molecule has 5 rings (SSSR count). The fraction of sp³-hybridized carbons (Fsp3) is 0.474. The first kappa shape index (κ1) is 36.8. The molecule has 264 valence electrons. The third-order valence-corrected chi connectivity index (χ3v) is 10.1. The molecule has 9 nitrogen and oxygen atoms in total. The molecule has 0 spiro atoms. The van der Waals surface area contributed by atoms with E-state index >= 15 is 0 Å². The van der Waals surface area contributed by atoms with Crippen LogP contribution in [0.15, 0.2) is 60.7 Å². The van der Waals surface area contributed by atoms with E-state index in [1.54, 1.807) is 17.0 Å². The largest absolute Gasteiger partial charge is 0.506 e. The van der Waals surface area contributed by atoms with E-state index in [1.807, 2.05) is 48.5 Å². The highest BCUT2D eigenvalue weighted by molar-refractivity contribution is 6.42. The highest BCUT2D eigenvalue weighted by atomic mass is 35.5. The van der Waals surface area contributed by atoms with E-state index in [2.05, 4.69) is 15.5 Å². The van der Waals surface area contributed by atoms with Gasteiger partial charge in [-0.2, -0.15) is 0 Å². The second-order valence-corrected chi connectivity index (χ2v) is 13.7. The summed E-state index contributed by atoms with van der Waals surface area (Å²) in [6, 6.07) is 19.3. The van der Waals surface area contributed by atoms with E-state index in [0.717, 1.165) is 55.7 Å². The van der Waals surface area contributed by atoms with Gasteiger partial charge in [0.25, 0.3) is 5.91 Å². The molecule has 1 fully saturated rings. The Bertz CT molecular complexity index is 1520. The van der Waals surface area contributed by atoms with Crippen molar-refractivity contribution in [2.45, 2.75) is 70.4 Å². The van der Waals surface area contributed by atoms with Crippen molar-refractivity contribution >= 4 is 40.9 Å². The number of benzene rings is 3. The Labute approximate surface area is 299 Å². The number of anilines is 1. The van der Waals surface area contributed by atoms with Crippen molar-refractivity contribution in [1.82, 2.24) is 15.1 Å². The molecular weight excluding hydrogens is 663 g/mol. The van der Waals surface area contributed by atoms with Crippen molar-refractivity contribution in [3.63, 3.8) is 0 Å². The number of halogens is 2. The maximum absolute atomic E-state index is 13.6. The number of aromatic hydroxyl groups is 1. The number of nitrogens with zero attached hydrogens (tertiary/aromatic N) is 2. The lowest BCUT2D eigenvalue weighted by Gasteiger charge is -2.33. The first-order valence-corrected chi connectivity index (χ1v) is 18.2. The minimum absolute atomic E-state index is 0.0474. The smallest absolute Gasteiger partial charge is 0.410 e. The Morgan fingerprint density at radius 1 is 0.898 bits per heavy atom. The maximum Gasteiger partial charge on any atom is 0.410 e. The van der Waals surface area contributed by atoms with Crippen LogP contribution in [-0.4, -0.2) is 78.8 Å². The molecule has 2 aliphatic rings. The fourth-order valence-corrected chi connectivity index (χ4v) is 6.90. The zero-order chi connectivity index (χ0) is 34.4. The van der Waals surface area contributed by atoms with Crippen LogP contribution in [-0.2, 0) is 29.0 Å². The highest BCUT2D eigenvalue weighted by Gasteiger charge is 2.25. The molecule has 0 saturated heterocycles.